The van der Waals surface area contributed by atoms with E-state index in [1.165, 1.54) is 12.1 Å². The molecule has 0 aliphatic rings. The van der Waals surface area contributed by atoms with Crippen molar-refractivity contribution in [3.8, 4) is 10.9 Å². The molecule has 6 nitrogen and oxygen atoms in total. The van der Waals surface area contributed by atoms with Gasteiger partial charge < -0.3 is 14.8 Å². The summed E-state index contributed by atoms with van der Waals surface area (Å²) in [6, 6.07) is 11.5. The summed E-state index contributed by atoms with van der Waals surface area (Å²) in [6.07, 6.45) is 1.24. The Morgan fingerprint density at radius 1 is 1.21 bits per heavy atom. The number of rotatable bonds is 9. The maximum Gasteiger partial charge on any atom is 0.298 e. The number of methoxy groups -OCH3 is 1. The van der Waals surface area contributed by atoms with Crippen molar-refractivity contribution in [1.82, 2.24) is 14.7 Å². The molecule has 1 heterocycles. The number of carbonyl (C=O) groups is 1. The molecule has 0 aliphatic carbocycles. The van der Waals surface area contributed by atoms with Crippen LogP contribution < -0.4 is 10.1 Å². The normalized spacial score (nSPS) is 10.7. The molecule has 0 bridgehead atoms. The van der Waals surface area contributed by atoms with Crippen LogP contribution in [0.2, 0.25) is 0 Å². The molecule has 8 heteroatoms. The standard InChI is InChI=1S/C21H22FN3O3S/c1-14-4-7-16(20(26)23-10-3-11-27-2)13-18(14)28-21-24-19(25-29-21)12-15-5-8-17(22)9-6-15/h4-9,13H,3,10-12H2,1-2H3,(H,23,26). The van der Waals surface area contributed by atoms with Gasteiger partial charge in [0.15, 0.2) is 5.82 Å². The van der Waals surface area contributed by atoms with Gasteiger partial charge in [0.1, 0.15) is 11.6 Å². The molecule has 29 heavy (non-hydrogen) atoms. The van der Waals surface area contributed by atoms with Crippen LogP contribution in [-0.2, 0) is 11.2 Å². The van der Waals surface area contributed by atoms with Gasteiger partial charge in [-0.15, -0.1) is 0 Å². The van der Waals surface area contributed by atoms with Crippen LogP contribution in [0, 0.1) is 12.7 Å². The Bertz CT molecular complexity index is 960. The Morgan fingerprint density at radius 3 is 2.76 bits per heavy atom. The van der Waals surface area contributed by atoms with Gasteiger partial charge in [-0.1, -0.05) is 18.2 Å². The number of amides is 1. The lowest BCUT2D eigenvalue weighted by atomic mass is 10.1. The molecule has 1 N–H and O–H groups in total. The molecule has 1 aromatic heterocycles. The van der Waals surface area contributed by atoms with Crippen molar-refractivity contribution in [1.29, 1.82) is 0 Å². The third-order valence-corrected chi connectivity index (χ3v) is 4.82. The summed E-state index contributed by atoms with van der Waals surface area (Å²) in [5.41, 5.74) is 2.31. The number of benzene rings is 2. The number of hydrogen-bond donors (Lipinski definition) is 1. The average Bonchev–Trinajstić information content (AvgIpc) is 3.15. The van der Waals surface area contributed by atoms with Gasteiger partial charge in [0.05, 0.1) is 0 Å². The van der Waals surface area contributed by atoms with Crippen LogP contribution in [0.3, 0.4) is 0 Å². The number of nitrogens with one attached hydrogen (secondary N) is 1. The van der Waals surface area contributed by atoms with Crippen molar-refractivity contribution in [2.24, 2.45) is 0 Å². The van der Waals surface area contributed by atoms with Crippen molar-refractivity contribution in [2.45, 2.75) is 19.8 Å². The summed E-state index contributed by atoms with van der Waals surface area (Å²) in [4.78, 5) is 16.7. The van der Waals surface area contributed by atoms with Gasteiger partial charge in [-0.2, -0.15) is 9.36 Å². The highest BCUT2D eigenvalue weighted by molar-refractivity contribution is 7.07. The lowest BCUT2D eigenvalue weighted by Crippen LogP contribution is -2.25. The van der Waals surface area contributed by atoms with E-state index in [4.69, 9.17) is 9.47 Å². The Hall–Kier alpha value is -2.84. The first-order valence-electron chi connectivity index (χ1n) is 9.18. The van der Waals surface area contributed by atoms with Crippen LogP contribution in [0.4, 0.5) is 4.39 Å². The number of halogens is 1. The third kappa shape index (κ3) is 6.07. The summed E-state index contributed by atoms with van der Waals surface area (Å²) >= 11 is 1.14. The molecule has 0 fully saturated rings. The summed E-state index contributed by atoms with van der Waals surface area (Å²) < 4.78 is 28.2. The number of nitrogens with zero attached hydrogens (tertiary/aromatic N) is 2. The lowest BCUT2D eigenvalue weighted by molar-refractivity contribution is 0.0948. The maximum absolute atomic E-state index is 13.0. The highest BCUT2D eigenvalue weighted by Crippen LogP contribution is 2.28. The topological polar surface area (TPSA) is 73.3 Å². The average molecular weight is 415 g/mol. The zero-order chi connectivity index (χ0) is 20.6. The Labute approximate surface area is 172 Å². The molecular formula is C21H22FN3O3S. The van der Waals surface area contributed by atoms with Gasteiger partial charge in [-0.05, 0) is 48.7 Å². The van der Waals surface area contributed by atoms with Gasteiger partial charge in [-0.25, -0.2) is 4.39 Å². The van der Waals surface area contributed by atoms with Crippen LogP contribution in [0.1, 0.15) is 33.7 Å². The van der Waals surface area contributed by atoms with E-state index < -0.39 is 0 Å². The van der Waals surface area contributed by atoms with Crippen molar-refractivity contribution >= 4 is 17.4 Å². The molecule has 152 valence electrons. The van der Waals surface area contributed by atoms with Gasteiger partial charge in [0.25, 0.3) is 11.1 Å². The van der Waals surface area contributed by atoms with Crippen molar-refractivity contribution in [3.63, 3.8) is 0 Å². The predicted octanol–water partition coefficient (Wildman–Crippen LogP) is 4.14. The van der Waals surface area contributed by atoms with E-state index in [2.05, 4.69) is 14.7 Å². The van der Waals surface area contributed by atoms with E-state index in [1.54, 1.807) is 31.4 Å². The van der Waals surface area contributed by atoms with E-state index in [9.17, 15) is 9.18 Å². The van der Waals surface area contributed by atoms with Crippen LogP contribution >= 0.6 is 11.5 Å². The lowest BCUT2D eigenvalue weighted by Gasteiger charge is -2.09. The number of hydrogen-bond acceptors (Lipinski definition) is 6. The number of aryl methyl sites for hydroxylation is 1. The Morgan fingerprint density at radius 2 is 2.00 bits per heavy atom. The first-order chi connectivity index (χ1) is 14.0. The number of aromatic nitrogens is 2. The Balaban J connectivity index is 1.64. The van der Waals surface area contributed by atoms with E-state index >= 15 is 0 Å². The molecule has 0 spiro atoms. The molecule has 0 atom stereocenters. The summed E-state index contributed by atoms with van der Waals surface area (Å²) in [7, 11) is 1.63. The molecule has 0 saturated carbocycles. The minimum Gasteiger partial charge on any atom is -0.430 e. The molecule has 0 saturated heterocycles. The molecule has 3 aromatic rings. The predicted molar refractivity (Wildman–Crippen MR) is 109 cm³/mol. The number of carbonyl (C=O) groups excluding carboxylic acids is 1. The molecule has 0 unspecified atom stereocenters. The Kier molecular flexibility index (Phi) is 7.26. The highest BCUT2D eigenvalue weighted by Gasteiger charge is 2.12. The fourth-order valence-electron chi connectivity index (χ4n) is 2.60. The van der Waals surface area contributed by atoms with Crippen molar-refractivity contribution in [2.75, 3.05) is 20.3 Å². The second-order valence-electron chi connectivity index (χ2n) is 6.46. The second kappa shape index (κ2) is 10.1. The maximum atomic E-state index is 13.0. The minimum absolute atomic E-state index is 0.166. The zero-order valence-electron chi connectivity index (χ0n) is 16.3. The fraction of sp³-hybridized carbons (Fsp3) is 0.286. The summed E-state index contributed by atoms with van der Waals surface area (Å²) in [5.74, 6) is 0.711. The third-order valence-electron chi connectivity index (χ3n) is 4.18. The van der Waals surface area contributed by atoms with Gasteiger partial charge in [-0.3, -0.25) is 4.79 Å². The van der Waals surface area contributed by atoms with E-state index in [-0.39, 0.29) is 11.7 Å². The van der Waals surface area contributed by atoms with Gasteiger partial charge in [0, 0.05) is 43.8 Å². The van der Waals surface area contributed by atoms with Crippen molar-refractivity contribution in [3.05, 3.63) is 70.8 Å². The molecule has 1 amide bonds. The quantitative estimate of drug-likeness (QED) is 0.532. The number of ether oxygens (including phenoxy) is 2. The monoisotopic (exact) mass is 415 g/mol. The summed E-state index contributed by atoms with van der Waals surface area (Å²) in [6.45, 7) is 3.04. The smallest absolute Gasteiger partial charge is 0.298 e. The largest absolute Gasteiger partial charge is 0.430 e. The summed E-state index contributed by atoms with van der Waals surface area (Å²) in [5, 5.41) is 3.24. The highest BCUT2D eigenvalue weighted by atomic mass is 32.1. The minimum atomic E-state index is -0.276. The van der Waals surface area contributed by atoms with E-state index in [1.807, 2.05) is 13.0 Å². The van der Waals surface area contributed by atoms with Crippen LogP contribution in [-0.4, -0.2) is 35.5 Å². The van der Waals surface area contributed by atoms with E-state index in [0.29, 0.717) is 41.9 Å². The van der Waals surface area contributed by atoms with Crippen LogP contribution in [0.15, 0.2) is 42.5 Å². The van der Waals surface area contributed by atoms with Crippen LogP contribution in [0.5, 0.6) is 10.9 Å². The van der Waals surface area contributed by atoms with Crippen LogP contribution in [0.25, 0.3) is 0 Å². The SMILES string of the molecule is COCCCNC(=O)c1ccc(C)c(Oc2nc(Cc3ccc(F)cc3)ns2)c1. The van der Waals surface area contributed by atoms with Gasteiger partial charge >= 0.3 is 0 Å². The first kappa shape index (κ1) is 20.9. The molecule has 0 aliphatic heterocycles. The first-order valence-corrected chi connectivity index (χ1v) is 9.95. The van der Waals surface area contributed by atoms with Gasteiger partial charge in [0.2, 0.25) is 0 Å². The molecule has 0 radical (unpaired) electrons. The molecule has 3 rings (SSSR count). The van der Waals surface area contributed by atoms with E-state index in [0.717, 1.165) is 29.1 Å². The molecule has 2 aromatic carbocycles. The fourth-order valence-corrected chi connectivity index (χ4v) is 3.16. The van der Waals surface area contributed by atoms with Crippen molar-refractivity contribution < 1.29 is 18.7 Å². The second-order valence-corrected chi connectivity index (χ2v) is 7.18. The molecular weight excluding hydrogens is 393 g/mol. The zero-order valence-corrected chi connectivity index (χ0v) is 17.1.